The van der Waals surface area contributed by atoms with E-state index in [0.717, 1.165) is 34.5 Å². The fourth-order valence-corrected chi connectivity index (χ4v) is 8.59. The lowest BCUT2D eigenvalue weighted by molar-refractivity contribution is 0.766. The summed E-state index contributed by atoms with van der Waals surface area (Å²) in [5.74, 6) is 2.10. The van der Waals surface area contributed by atoms with Gasteiger partial charge in [0.1, 0.15) is 5.82 Å². The van der Waals surface area contributed by atoms with Gasteiger partial charge < -0.3 is 0 Å². The molecule has 10 rings (SSSR count). The topological polar surface area (TPSA) is 38.7 Å². The molecule has 1 heterocycles. The molecule has 8 aromatic rings. The summed E-state index contributed by atoms with van der Waals surface area (Å²) < 4.78 is 0. The minimum absolute atomic E-state index is 0.00979. The van der Waals surface area contributed by atoms with E-state index >= 15 is 0 Å². The van der Waals surface area contributed by atoms with Crippen molar-refractivity contribution in [2.75, 3.05) is 0 Å². The van der Waals surface area contributed by atoms with E-state index in [2.05, 4.69) is 200 Å². The number of benzene rings is 7. The van der Waals surface area contributed by atoms with E-state index in [1.807, 2.05) is 6.07 Å². The second-order valence-corrected chi connectivity index (χ2v) is 14.3. The highest BCUT2D eigenvalue weighted by Crippen LogP contribution is 2.56. The van der Waals surface area contributed by atoms with Gasteiger partial charge in [-0.25, -0.2) is 15.0 Å². The summed E-state index contributed by atoms with van der Waals surface area (Å²) in [6, 6.07) is 67.1. The van der Waals surface area contributed by atoms with E-state index in [1.54, 1.807) is 0 Å². The predicted molar refractivity (Wildman–Crippen MR) is 224 cm³/mol. The molecule has 3 nitrogen and oxygen atoms in total. The van der Waals surface area contributed by atoms with Crippen LogP contribution in [0.25, 0.3) is 50.6 Å². The van der Waals surface area contributed by atoms with Crippen molar-refractivity contribution in [1.29, 1.82) is 0 Å². The van der Waals surface area contributed by atoms with E-state index in [1.165, 1.54) is 44.5 Å². The summed E-state index contributed by atoms with van der Waals surface area (Å²) in [4.78, 5) is 15.9. The maximum Gasteiger partial charge on any atom is 0.163 e. The third-order valence-corrected chi connectivity index (χ3v) is 11.2. The van der Waals surface area contributed by atoms with Gasteiger partial charge in [0, 0.05) is 17.0 Å². The van der Waals surface area contributed by atoms with E-state index in [9.17, 15) is 0 Å². The third-order valence-electron chi connectivity index (χ3n) is 11.2. The smallest absolute Gasteiger partial charge is 0.163 e. The lowest BCUT2D eigenvalue weighted by atomic mass is 9.67. The van der Waals surface area contributed by atoms with Gasteiger partial charge in [0.15, 0.2) is 11.6 Å². The molecule has 2 aliphatic rings. The summed E-state index contributed by atoms with van der Waals surface area (Å²) in [5.41, 5.74) is 13.6. The van der Waals surface area contributed by atoms with Gasteiger partial charge in [-0.2, -0.15) is 0 Å². The molecule has 0 spiro atoms. The van der Waals surface area contributed by atoms with E-state index in [-0.39, 0.29) is 5.92 Å². The Morgan fingerprint density at radius 3 is 1.65 bits per heavy atom. The van der Waals surface area contributed by atoms with Gasteiger partial charge >= 0.3 is 0 Å². The van der Waals surface area contributed by atoms with Gasteiger partial charge in [-0.15, -0.1) is 0 Å². The van der Waals surface area contributed by atoms with E-state index in [0.29, 0.717) is 11.6 Å². The Kier molecular flexibility index (Phi) is 8.18. The molecule has 0 N–H and O–H groups in total. The van der Waals surface area contributed by atoms with Crippen LogP contribution in [0.15, 0.2) is 206 Å². The number of hydrogen-bond donors (Lipinski definition) is 0. The van der Waals surface area contributed by atoms with Gasteiger partial charge in [-0.05, 0) is 74.2 Å². The fourth-order valence-electron chi connectivity index (χ4n) is 8.59. The minimum atomic E-state index is -0.519. The maximum absolute atomic E-state index is 5.33. The number of fused-ring (bicyclic) bond motifs is 3. The standard InChI is InChI=1S/C52H37N3/c1-5-17-36(18-6-1)38-21-15-23-40(33-38)49-53-50(41-24-16-22-39(34-41)37-19-7-2-8-20-37)55-51(54-49)42-31-32-46-45-29-13-14-30-47(45)52(48(46)35-42,43-25-9-3-10-26-43)44-27-11-4-12-28-44/h1-33,35,41H,34H2. The molecule has 0 saturated carbocycles. The van der Waals surface area contributed by atoms with E-state index < -0.39 is 5.41 Å². The molecular formula is C52H37N3. The van der Waals surface area contributed by atoms with Crippen LogP contribution in [-0.2, 0) is 5.41 Å². The largest absolute Gasteiger partial charge is 0.212 e. The first-order valence-corrected chi connectivity index (χ1v) is 19.0. The van der Waals surface area contributed by atoms with Crippen molar-refractivity contribution in [3.05, 3.63) is 240 Å². The van der Waals surface area contributed by atoms with Crippen LogP contribution in [0.1, 0.15) is 46.0 Å². The summed E-state index contributed by atoms with van der Waals surface area (Å²) >= 11 is 0. The summed E-state index contributed by atoms with van der Waals surface area (Å²) in [6.45, 7) is 0. The Labute approximate surface area is 322 Å². The molecule has 0 amide bonds. The highest BCUT2D eigenvalue weighted by Gasteiger charge is 2.46. The monoisotopic (exact) mass is 703 g/mol. The van der Waals surface area contributed by atoms with Gasteiger partial charge in [-0.3, -0.25) is 0 Å². The molecule has 3 heteroatoms. The van der Waals surface area contributed by atoms with Crippen molar-refractivity contribution in [1.82, 2.24) is 15.0 Å². The number of nitrogens with zero attached hydrogens (tertiary/aromatic N) is 3. The molecule has 1 aromatic heterocycles. The zero-order chi connectivity index (χ0) is 36.6. The molecule has 0 fully saturated rings. The zero-order valence-corrected chi connectivity index (χ0v) is 30.3. The SMILES string of the molecule is C1=CC(c2nc(-c3cccc(-c4ccccc4)c3)nc(-c3ccc4c(c3)C(c3ccccc3)(c3ccccc3)c3ccccc3-4)n2)CC(c2ccccc2)=C1. The van der Waals surface area contributed by atoms with Crippen molar-refractivity contribution < 1.29 is 0 Å². The van der Waals surface area contributed by atoms with E-state index in [4.69, 9.17) is 15.0 Å². The average Bonchev–Trinajstić information content (AvgIpc) is 3.58. The summed E-state index contributed by atoms with van der Waals surface area (Å²) in [7, 11) is 0. The molecule has 0 aliphatic heterocycles. The Morgan fingerprint density at radius 2 is 0.964 bits per heavy atom. The molecule has 0 saturated heterocycles. The third kappa shape index (κ3) is 5.73. The van der Waals surface area contributed by atoms with Crippen LogP contribution in [0, 0.1) is 0 Å². The Hall–Kier alpha value is -6.97. The highest BCUT2D eigenvalue weighted by molar-refractivity contribution is 5.88. The lowest BCUT2D eigenvalue weighted by Crippen LogP contribution is -2.28. The molecular weight excluding hydrogens is 667 g/mol. The van der Waals surface area contributed by atoms with Crippen LogP contribution >= 0.6 is 0 Å². The molecule has 0 bridgehead atoms. The molecule has 1 atom stereocenters. The number of aromatic nitrogens is 3. The molecule has 0 radical (unpaired) electrons. The van der Waals surface area contributed by atoms with Crippen molar-refractivity contribution in [2.45, 2.75) is 17.8 Å². The lowest BCUT2D eigenvalue weighted by Gasteiger charge is -2.34. The van der Waals surface area contributed by atoms with Gasteiger partial charge in [0.25, 0.3) is 0 Å². The van der Waals surface area contributed by atoms with Crippen LogP contribution < -0.4 is 0 Å². The highest BCUT2D eigenvalue weighted by atomic mass is 15.0. The van der Waals surface area contributed by atoms with Gasteiger partial charge in [0.05, 0.1) is 5.41 Å². The molecule has 2 aliphatic carbocycles. The van der Waals surface area contributed by atoms with Crippen LogP contribution in [-0.4, -0.2) is 15.0 Å². The summed E-state index contributed by atoms with van der Waals surface area (Å²) in [5, 5.41) is 0. The molecule has 1 unspecified atom stereocenters. The second-order valence-electron chi connectivity index (χ2n) is 14.3. The maximum atomic E-state index is 5.33. The number of allylic oxidation sites excluding steroid dienone is 4. The predicted octanol–water partition coefficient (Wildman–Crippen LogP) is 12.4. The van der Waals surface area contributed by atoms with Gasteiger partial charge in [0.2, 0.25) is 0 Å². The Bertz CT molecular complexity index is 2680. The quantitative estimate of drug-likeness (QED) is 0.166. The van der Waals surface area contributed by atoms with Gasteiger partial charge in [-0.1, -0.05) is 194 Å². The first-order chi connectivity index (χ1) is 27.3. The normalized spacial score (nSPS) is 15.2. The Balaban J connectivity index is 1.17. The number of rotatable bonds is 7. The fraction of sp³-hybridized carbons (Fsp3) is 0.0577. The van der Waals surface area contributed by atoms with Crippen LogP contribution in [0.4, 0.5) is 0 Å². The van der Waals surface area contributed by atoms with Crippen LogP contribution in [0.2, 0.25) is 0 Å². The molecule has 55 heavy (non-hydrogen) atoms. The molecule has 260 valence electrons. The zero-order valence-electron chi connectivity index (χ0n) is 30.3. The van der Waals surface area contributed by atoms with Crippen molar-refractivity contribution >= 4 is 5.57 Å². The number of hydrogen-bond acceptors (Lipinski definition) is 3. The van der Waals surface area contributed by atoms with Crippen molar-refractivity contribution in [3.8, 4) is 45.0 Å². The minimum Gasteiger partial charge on any atom is -0.212 e. The summed E-state index contributed by atoms with van der Waals surface area (Å²) in [6.07, 6.45) is 7.39. The van der Waals surface area contributed by atoms with Crippen molar-refractivity contribution in [2.24, 2.45) is 0 Å². The average molecular weight is 704 g/mol. The van der Waals surface area contributed by atoms with Crippen molar-refractivity contribution in [3.63, 3.8) is 0 Å². The molecule has 7 aromatic carbocycles. The Morgan fingerprint density at radius 1 is 0.418 bits per heavy atom. The first-order valence-electron chi connectivity index (χ1n) is 19.0. The second kappa shape index (κ2) is 13.8. The first kappa shape index (κ1) is 32.7. The van der Waals surface area contributed by atoms with Crippen LogP contribution in [0.3, 0.4) is 0 Å². The van der Waals surface area contributed by atoms with Crippen LogP contribution in [0.5, 0.6) is 0 Å².